The average Bonchev–Trinajstić information content (AvgIpc) is 3.34. The maximum Gasteiger partial charge on any atom is 0.410 e. The summed E-state index contributed by atoms with van der Waals surface area (Å²) in [5.41, 5.74) is 5.63. The molecule has 6 nitrogen and oxygen atoms in total. The molecule has 2 rings (SSSR count). The third-order valence-corrected chi connectivity index (χ3v) is 5.00. The standard InChI is InChI=1S/C19H35N3O3/c1-13(2)16(20)17(23)22(15-6-7-15)12-14-8-10-21(11-9-14)18(24)25-19(3,4)5/h13-16H,6-12,20H2,1-5H3. The molecular formula is C19H35N3O3. The molecule has 1 aliphatic carbocycles. The summed E-state index contributed by atoms with van der Waals surface area (Å²) in [5, 5.41) is 0. The number of carbonyl (C=O) groups excluding carboxylic acids is 2. The summed E-state index contributed by atoms with van der Waals surface area (Å²) in [6.45, 7) is 11.8. The highest BCUT2D eigenvalue weighted by Gasteiger charge is 2.37. The number of amides is 2. The summed E-state index contributed by atoms with van der Waals surface area (Å²) in [5.74, 6) is 0.678. The van der Waals surface area contributed by atoms with Gasteiger partial charge in [-0.3, -0.25) is 4.79 Å². The Morgan fingerprint density at radius 1 is 1.16 bits per heavy atom. The SMILES string of the molecule is CC(C)C(N)C(=O)N(CC1CCN(C(=O)OC(C)(C)C)CC1)C1CC1. The molecule has 1 unspecified atom stereocenters. The predicted octanol–water partition coefficient (Wildman–Crippen LogP) is 2.61. The second-order valence-corrected chi connectivity index (χ2v) is 8.90. The summed E-state index contributed by atoms with van der Waals surface area (Å²) in [7, 11) is 0. The van der Waals surface area contributed by atoms with Crippen molar-refractivity contribution in [3.8, 4) is 0 Å². The number of ether oxygens (including phenoxy) is 1. The number of nitrogens with zero attached hydrogens (tertiary/aromatic N) is 2. The normalized spacial score (nSPS) is 20.5. The molecule has 1 heterocycles. The van der Waals surface area contributed by atoms with Gasteiger partial charge >= 0.3 is 6.09 Å². The topological polar surface area (TPSA) is 75.9 Å². The van der Waals surface area contributed by atoms with Crippen molar-refractivity contribution in [3.05, 3.63) is 0 Å². The molecular weight excluding hydrogens is 318 g/mol. The minimum atomic E-state index is -0.462. The van der Waals surface area contributed by atoms with Crippen LogP contribution >= 0.6 is 0 Å². The Morgan fingerprint density at radius 2 is 1.72 bits per heavy atom. The molecule has 2 N–H and O–H groups in total. The van der Waals surface area contributed by atoms with Crippen LogP contribution in [0.2, 0.25) is 0 Å². The molecule has 6 heteroatoms. The van der Waals surface area contributed by atoms with Crippen molar-refractivity contribution in [1.29, 1.82) is 0 Å². The minimum absolute atomic E-state index is 0.0899. The first-order valence-electron chi connectivity index (χ1n) is 9.62. The second kappa shape index (κ2) is 7.94. The van der Waals surface area contributed by atoms with E-state index in [0.29, 0.717) is 25.0 Å². The van der Waals surface area contributed by atoms with Gasteiger partial charge in [-0.1, -0.05) is 13.8 Å². The second-order valence-electron chi connectivity index (χ2n) is 8.90. The summed E-state index contributed by atoms with van der Waals surface area (Å²) in [4.78, 5) is 28.6. The molecule has 1 saturated heterocycles. The molecule has 25 heavy (non-hydrogen) atoms. The molecule has 2 fully saturated rings. The lowest BCUT2D eigenvalue weighted by molar-refractivity contribution is -0.135. The third kappa shape index (κ3) is 5.87. The van der Waals surface area contributed by atoms with Crippen LogP contribution in [0.4, 0.5) is 4.79 Å². The third-order valence-electron chi connectivity index (χ3n) is 5.00. The van der Waals surface area contributed by atoms with Crippen molar-refractivity contribution in [2.75, 3.05) is 19.6 Å². The van der Waals surface area contributed by atoms with E-state index in [4.69, 9.17) is 10.5 Å². The first-order chi connectivity index (χ1) is 11.6. The number of hydrogen-bond donors (Lipinski definition) is 1. The van der Waals surface area contributed by atoms with Gasteiger partial charge in [0.1, 0.15) is 5.60 Å². The maximum absolute atomic E-state index is 12.7. The van der Waals surface area contributed by atoms with Crippen LogP contribution in [-0.2, 0) is 9.53 Å². The fraction of sp³-hybridized carbons (Fsp3) is 0.895. The summed E-state index contributed by atoms with van der Waals surface area (Å²) in [6.07, 6.45) is 3.77. The van der Waals surface area contributed by atoms with Gasteiger partial charge in [0.2, 0.25) is 5.91 Å². The van der Waals surface area contributed by atoms with Crippen LogP contribution in [0, 0.1) is 11.8 Å². The van der Waals surface area contributed by atoms with E-state index < -0.39 is 11.6 Å². The number of carbonyl (C=O) groups is 2. The maximum atomic E-state index is 12.7. The van der Waals surface area contributed by atoms with E-state index in [2.05, 4.69) is 0 Å². The van der Waals surface area contributed by atoms with Crippen LogP contribution in [-0.4, -0.2) is 59.1 Å². The highest BCUT2D eigenvalue weighted by molar-refractivity contribution is 5.82. The van der Waals surface area contributed by atoms with Crippen molar-refractivity contribution in [1.82, 2.24) is 9.80 Å². The van der Waals surface area contributed by atoms with Crippen molar-refractivity contribution in [3.63, 3.8) is 0 Å². The van der Waals surface area contributed by atoms with E-state index in [1.54, 1.807) is 4.90 Å². The van der Waals surface area contributed by atoms with E-state index in [1.165, 1.54) is 0 Å². The van der Waals surface area contributed by atoms with Gasteiger partial charge in [-0.15, -0.1) is 0 Å². The zero-order chi connectivity index (χ0) is 18.8. The largest absolute Gasteiger partial charge is 0.444 e. The fourth-order valence-corrected chi connectivity index (χ4v) is 3.18. The molecule has 0 spiro atoms. The first-order valence-corrected chi connectivity index (χ1v) is 9.62. The lowest BCUT2D eigenvalue weighted by Crippen LogP contribution is -2.50. The highest BCUT2D eigenvalue weighted by Crippen LogP contribution is 2.30. The van der Waals surface area contributed by atoms with Crippen molar-refractivity contribution < 1.29 is 14.3 Å². The van der Waals surface area contributed by atoms with Crippen LogP contribution in [0.25, 0.3) is 0 Å². The molecule has 2 amide bonds. The Labute approximate surface area is 152 Å². The monoisotopic (exact) mass is 353 g/mol. The molecule has 0 aromatic rings. The number of likely N-dealkylation sites (tertiary alicyclic amines) is 1. The summed E-state index contributed by atoms with van der Waals surface area (Å²) < 4.78 is 5.44. The quantitative estimate of drug-likeness (QED) is 0.824. The Hall–Kier alpha value is -1.30. The van der Waals surface area contributed by atoms with E-state index in [0.717, 1.165) is 32.2 Å². The van der Waals surface area contributed by atoms with Gasteiger partial charge in [0.25, 0.3) is 0 Å². The number of hydrogen-bond acceptors (Lipinski definition) is 4. The van der Waals surface area contributed by atoms with Crippen LogP contribution in [0.5, 0.6) is 0 Å². The fourth-order valence-electron chi connectivity index (χ4n) is 3.18. The zero-order valence-electron chi connectivity index (χ0n) is 16.5. The van der Waals surface area contributed by atoms with Gasteiger partial charge in [0.05, 0.1) is 6.04 Å². The van der Waals surface area contributed by atoms with Gasteiger partial charge in [0.15, 0.2) is 0 Å². The molecule has 1 aliphatic heterocycles. The Morgan fingerprint density at radius 3 is 2.16 bits per heavy atom. The number of piperidine rings is 1. The number of rotatable bonds is 5. The molecule has 0 radical (unpaired) electrons. The highest BCUT2D eigenvalue weighted by atomic mass is 16.6. The first kappa shape index (κ1) is 20.0. The lowest BCUT2D eigenvalue weighted by Gasteiger charge is -2.36. The van der Waals surface area contributed by atoms with Crippen molar-refractivity contribution in [2.45, 2.75) is 78.0 Å². The summed E-state index contributed by atoms with van der Waals surface area (Å²) >= 11 is 0. The van der Waals surface area contributed by atoms with Gasteiger partial charge in [-0.25, -0.2) is 4.79 Å². The van der Waals surface area contributed by atoms with E-state index in [1.807, 2.05) is 39.5 Å². The molecule has 1 saturated carbocycles. The van der Waals surface area contributed by atoms with Crippen LogP contribution in [0.1, 0.15) is 60.3 Å². The van der Waals surface area contributed by atoms with Crippen LogP contribution in [0.3, 0.4) is 0 Å². The Kier molecular flexibility index (Phi) is 6.35. The van der Waals surface area contributed by atoms with Crippen LogP contribution < -0.4 is 5.73 Å². The molecule has 0 aromatic heterocycles. The molecule has 1 atom stereocenters. The number of nitrogens with two attached hydrogens (primary N) is 1. The minimum Gasteiger partial charge on any atom is -0.444 e. The van der Waals surface area contributed by atoms with Gasteiger partial charge in [0, 0.05) is 25.7 Å². The van der Waals surface area contributed by atoms with E-state index >= 15 is 0 Å². The van der Waals surface area contributed by atoms with Gasteiger partial charge in [-0.05, 0) is 58.3 Å². The van der Waals surface area contributed by atoms with Crippen molar-refractivity contribution >= 4 is 12.0 Å². The average molecular weight is 354 g/mol. The van der Waals surface area contributed by atoms with E-state index in [-0.39, 0.29) is 17.9 Å². The predicted molar refractivity (Wildman–Crippen MR) is 98.1 cm³/mol. The Balaban J connectivity index is 1.85. The van der Waals surface area contributed by atoms with Crippen LogP contribution in [0.15, 0.2) is 0 Å². The molecule has 0 aromatic carbocycles. The molecule has 0 bridgehead atoms. The zero-order valence-corrected chi connectivity index (χ0v) is 16.5. The molecule has 2 aliphatic rings. The molecule has 144 valence electrons. The van der Waals surface area contributed by atoms with E-state index in [9.17, 15) is 9.59 Å². The summed E-state index contributed by atoms with van der Waals surface area (Å²) in [6, 6.07) is -0.0383. The smallest absolute Gasteiger partial charge is 0.410 e. The Bertz CT molecular complexity index is 475. The lowest BCUT2D eigenvalue weighted by atomic mass is 9.95. The van der Waals surface area contributed by atoms with Gasteiger partial charge in [-0.2, -0.15) is 0 Å². The van der Waals surface area contributed by atoms with Gasteiger partial charge < -0.3 is 20.3 Å². The van der Waals surface area contributed by atoms with Crippen molar-refractivity contribution in [2.24, 2.45) is 17.6 Å².